The number of nitrogens with one attached hydrogen (secondary N) is 1. The number of hydrogen-bond donors (Lipinski definition) is 1. The minimum absolute atomic E-state index is 0.0203. The fourth-order valence-corrected chi connectivity index (χ4v) is 2.30. The van der Waals surface area contributed by atoms with E-state index in [-0.39, 0.29) is 11.3 Å². The SMILES string of the molecule is CCCCC(=O)Nc1cc(C(C)(C)C)nn1-c1ccc(OC)cc1. The Labute approximate surface area is 144 Å². The first-order valence-corrected chi connectivity index (χ1v) is 8.40. The number of rotatable bonds is 6. The number of amides is 1. The lowest BCUT2D eigenvalue weighted by atomic mass is 9.92. The maximum atomic E-state index is 12.1. The second kappa shape index (κ2) is 7.51. The molecule has 0 fully saturated rings. The van der Waals surface area contributed by atoms with E-state index in [1.807, 2.05) is 30.3 Å². The number of carbonyl (C=O) groups is 1. The Morgan fingerprint density at radius 3 is 2.46 bits per heavy atom. The van der Waals surface area contributed by atoms with Crippen molar-refractivity contribution >= 4 is 11.7 Å². The zero-order valence-corrected chi connectivity index (χ0v) is 15.2. The topological polar surface area (TPSA) is 56.2 Å². The molecule has 24 heavy (non-hydrogen) atoms. The zero-order chi connectivity index (χ0) is 17.7. The zero-order valence-electron chi connectivity index (χ0n) is 15.2. The van der Waals surface area contributed by atoms with E-state index < -0.39 is 0 Å². The highest BCUT2D eigenvalue weighted by Crippen LogP contribution is 2.27. The van der Waals surface area contributed by atoms with Crippen molar-refractivity contribution in [1.82, 2.24) is 9.78 Å². The van der Waals surface area contributed by atoms with Crippen LogP contribution in [0.15, 0.2) is 30.3 Å². The highest BCUT2D eigenvalue weighted by molar-refractivity contribution is 5.90. The van der Waals surface area contributed by atoms with Gasteiger partial charge in [0.1, 0.15) is 11.6 Å². The summed E-state index contributed by atoms with van der Waals surface area (Å²) in [7, 11) is 1.64. The molecule has 1 heterocycles. The van der Waals surface area contributed by atoms with E-state index in [2.05, 4.69) is 33.0 Å². The third-order valence-electron chi connectivity index (χ3n) is 3.82. The Kier molecular flexibility index (Phi) is 5.65. The lowest BCUT2D eigenvalue weighted by molar-refractivity contribution is -0.116. The van der Waals surface area contributed by atoms with Gasteiger partial charge in [0.2, 0.25) is 5.91 Å². The van der Waals surface area contributed by atoms with Crippen molar-refractivity contribution in [2.75, 3.05) is 12.4 Å². The van der Waals surface area contributed by atoms with Crippen molar-refractivity contribution < 1.29 is 9.53 Å². The first-order valence-electron chi connectivity index (χ1n) is 8.40. The smallest absolute Gasteiger partial charge is 0.225 e. The van der Waals surface area contributed by atoms with Crippen LogP contribution in [0.5, 0.6) is 5.75 Å². The number of anilines is 1. The van der Waals surface area contributed by atoms with E-state index in [1.165, 1.54) is 0 Å². The number of aromatic nitrogens is 2. The average molecular weight is 329 g/mol. The molecule has 1 aromatic carbocycles. The molecule has 1 aromatic heterocycles. The molecule has 1 N–H and O–H groups in total. The van der Waals surface area contributed by atoms with Crippen LogP contribution in [0, 0.1) is 0 Å². The van der Waals surface area contributed by atoms with Crippen LogP contribution in [-0.2, 0) is 10.2 Å². The van der Waals surface area contributed by atoms with E-state index in [4.69, 9.17) is 9.84 Å². The highest BCUT2D eigenvalue weighted by Gasteiger charge is 2.21. The molecule has 0 spiro atoms. The maximum absolute atomic E-state index is 12.1. The van der Waals surface area contributed by atoms with Gasteiger partial charge < -0.3 is 10.1 Å². The maximum Gasteiger partial charge on any atom is 0.225 e. The van der Waals surface area contributed by atoms with Crippen molar-refractivity contribution in [3.63, 3.8) is 0 Å². The van der Waals surface area contributed by atoms with E-state index in [0.29, 0.717) is 12.2 Å². The Hall–Kier alpha value is -2.30. The lowest BCUT2D eigenvalue weighted by Gasteiger charge is -2.14. The molecule has 0 saturated heterocycles. The van der Waals surface area contributed by atoms with Crippen LogP contribution in [0.3, 0.4) is 0 Å². The van der Waals surface area contributed by atoms with Crippen LogP contribution in [0.4, 0.5) is 5.82 Å². The van der Waals surface area contributed by atoms with Crippen LogP contribution in [0.2, 0.25) is 0 Å². The molecule has 2 rings (SSSR count). The third kappa shape index (κ3) is 4.37. The van der Waals surface area contributed by atoms with Gasteiger partial charge in [-0.25, -0.2) is 4.68 Å². The molecule has 0 unspecified atom stereocenters. The number of carbonyl (C=O) groups excluding carboxylic acids is 1. The van der Waals surface area contributed by atoms with Crippen molar-refractivity contribution in [2.24, 2.45) is 0 Å². The lowest BCUT2D eigenvalue weighted by Crippen LogP contribution is -2.14. The summed E-state index contributed by atoms with van der Waals surface area (Å²) in [6.45, 7) is 8.40. The van der Waals surface area contributed by atoms with E-state index in [1.54, 1.807) is 11.8 Å². The van der Waals surface area contributed by atoms with Crippen molar-refractivity contribution in [3.05, 3.63) is 36.0 Å². The summed E-state index contributed by atoms with van der Waals surface area (Å²) in [5.74, 6) is 1.51. The number of methoxy groups -OCH3 is 1. The summed E-state index contributed by atoms with van der Waals surface area (Å²) in [6, 6.07) is 9.58. The molecular weight excluding hydrogens is 302 g/mol. The molecule has 0 radical (unpaired) electrons. The van der Waals surface area contributed by atoms with Gasteiger partial charge in [0.15, 0.2) is 0 Å². The van der Waals surface area contributed by atoms with Gasteiger partial charge in [-0.2, -0.15) is 5.10 Å². The molecule has 0 saturated carbocycles. The molecule has 130 valence electrons. The van der Waals surface area contributed by atoms with Crippen LogP contribution in [0.25, 0.3) is 5.69 Å². The molecular formula is C19H27N3O2. The fraction of sp³-hybridized carbons (Fsp3) is 0.474. The Morgan fingerprint density at radius 2 is 1.92 bits per heavy atom. The Bertz CT molecular complexity index is 682. The monoisotopic (exact) mass is 329 g/mol. The Balaban J connectivity index is 2.36. The number of hydrogen-bond acceptors (Lipinski definition) is 3. The number of benzene rings is 1. The minimum atomic E-state index is -0.0966. The molecule has 0 aliphatic carbocycles. The largest absolute Gasteiger partial charge is 0.497 e. The predicted octanol–water partition coefficient (Wildman–Crippen LogP) is 4.31. The predicted molar refractivity (Wildman–Crippen MR) is 97.0 cm³/mol. The molecule has 2 aromatic rings. The van der Waals surface area contributed by atoms with E-state index in [0.717, 1.165) is 30.0 Å². The van der Waals surface area contributed by atoms with Crippen LogP contribution >= 0.6 is 0 Å². The second-order valence-electron chi connectivity index (χ2n) is 6.93. The summed E-state index contributed by atoms with van der Waals surface area (Å²) in [5.41, 5.74) is 1.72. The molecule has 0 aliphatic heterocycles. The number of unbranched alkanes of at least 4 members (excludes halogenated alkanes) is 1. The summed E-state index contributed by atoms with van der Waals surface area (Å²) >= 11 is 0. The summed E-state index contributed by atoms with van der Waals surface area (Å²) in [6.07, 6.45) is 2.40. The summed E-state index contributed by atoms with van der Waals surface area (Å²) in [4.78, 5) is 12.1. The van der Waals surface area contributed by atoms with Gasteiger partial charge in [0, 0.05) is 17.9 Å². The summed E-state index contributed by atoms with van der Waals surface area (Å²) < 4.78 is 6.99. The average Bonchev–Trinajstić information content (AvgIpc) is 2.97. The molecule has 0 bridgehead atoms. The van der Waals surface area contributed by atoms with Gasteiger partial charge in [-0.15, -0.1) is 0 Å². The molecule has 5 nitrogen and oxygen atoms in total. The van der Waals surface area contributed by atoms with Gasteiger partial charge in [-0.3, -0.25) is 4.79 Å². The molecule has 0 atom stereocenters. The van der Waals surface area contributed by atoms with Crippen molar-refractivity contribution in [1.29, 1.82) is 0 Å². The standard InChI is InChI=1S/C19H27N3O2/c1-6-7-8-18(23)20-17-13-16(19(2,3)4)21-22(17)14-9-11-15(24-5)12-10-14/h9-13H,6-8H2,1-5H3,(H,20,23). The van der Waals surface area contributed by atoms with Gasteiger partial charge in [0.05, 0.1) is 18.5 Å². The van der Waals surface area contributed by atoms with Crippen LogP contribution < -0.4 is 10.1 Å². The highest BCUT2D eigenvalue weighted by atomic mass is 16.5. The van der Waals surface area contributed by atoms with Gasteiger partial charge in [-0.1, -0.05) is 34.1 Å². The van der Waals surface area contributed by atoms with E-state index in [9.17, 15) is 4.79 Å². The molecule has 1 amide bonds. The van der Waals surface area contributed by atoms with E-state index >= 15 is 0 Å². The van der Waals surface area contributed by atoms with Gasteiger partial charge >= 0.3 is 0 Å². The van der Waals surface area contributed by atoms with Gasteiger partial charge in [-0.05, 0) is 30.7 Å². The molecule has 0 aliphatic rings. The Morgan fingerprint density at radius 1 is 1.25 bits per heavy atom. The van der Waals surface area contributed by atoms with Gasteiger partial charge in [0.25, 0.3) is 0 Å². The minimum Gasteiger partial charge on any atom is -0.497 e. The first-order chi connectivity index (χ1) is 11.3. The number of nitrogens with zero attached hydrogens (tertiary/aromatic N) is 2. The van der Waals surface area contributed by atoms with Crippen molar-refractivity contribution in [3.8, 4) is 11.4 Å². The van der Waals surface area contributed by atoms with Crippen LogP contribution in [-0.4, -0.2) is 22.8 Å². The first kappa shape index (κ1) is 18.0. The normalized spacial score (nSPS) is 11.4. The molecule has 5 heteroatoms. The quantitative estimate of drug-likeness (QED) is 0.859. The fourth-order valence-electron chi connectivity index (χ4n) is 2.30. The second-order valence-corrected chi connectivity index (χ2v) is 6.93. The van der Waals surface area contributed by atoms with Crippen molar-refractivity contribution in [2.45, 2.75) is 52.4 Å². The third-order valence-corrected chi connectivity index (χ3v) is 3.82. The number of ether oxygens (including phenoxy) is 1. The summed E-state index contributed by atoms with van der Waals surface area (Å²) in [5, 5.41) is 7.70. The van der Waals surface area contributed by atoms with Crippen LogP contribution in [0.1, 0.15) is 52.7 Å².